The maximum absolute atomic E-state index is 13.4. The Kier molecular flexibility index (Phi) is 3.69. The van der Waals surface area contributed by atoms with Gasteiger partial charge in [-0.2, -0.15) is 5.10 Å². The van der Waals surface area contributed by atoms with Crippen molar-refractivity contribution in [1.82, 2.24) is 15.1 Å². The number of benzene rings is 1. The van der Waals surface area contributed by atoms with E-state index in [0.29, 0.717) is 5.69 Å². The van der Waals surface area contributed by atoms with Crippen molar-refractivity contribution in [3.8, 4) is 0 Å². The monoisotopic (exact) mass is 280 g/mol. The second kappa shape index (κ2) is 5.28. The summed E-state index contributed by atoms with van der Waals surface area (Å²) < 4.78 is 27.8. The van der Waals surface area contributed by atoms with Gasteiger partial charge in [0.05, 0.1) is 11.4 Å². The van der Waals surface area contributed by atoms with Crippen LogP contribution in [0, 0.1) is 18.6 Å². The lowest BCUT2D eigenvalue weighted by Crippen LogP contribution is -2.26. The molecule has 0 radical (unpaired) electrons. The molecule has 0 bridgehead atoms. The zero-order valence-electron chi connectivity index (χ0n) is 11.1. The Morgan fingerprint density at radius 1 is 1.45 bits per heavy atom. The molecule has 0 unspecified atom stereocenters. The Balaban J connectivity index is 2.15. The number of amides is 1. The van der Waals surface area contributed by atoms with Gasteiger partial charge in [-0.05, 0) is 25.1 Å². The molecule has 7 heteroatoms. The van der Waals surface area contributed by atoms with Crippen molar-refractivity contribution in [2.45, 2.75) is 13.5 Å². The van der Waals surface area contributed by atoms with Crippen molar-refractivity contribution >= 4 is 11.6 Å². The topological polar surface area (TPSA) is 72.9 Å². The van der Waals surface area contributed by atoms with E-state index in [2.05, 4.69) is 10.4 Å². The van der Waals surface area contributed by atoms with Gasteiger partial charge in [-0.25, -0.2) is 8.78 Å². The normalized spacial score (nSPS) is 10.6. The lowest BCUT2D eigenvalue weighted by Gasteiger charge is -2.07. The fourth-order valence-electron chi connectivity index (χ4n) is 1.88. The number of carbonyl (C=O) groups is 1. The molecule has 0 spiro atoms. The highest BCUT2D eigenvalue weighted by Gasteiger charge is 2.18. The van der Waals surface area contributed by atoms with Crippen LogP contribution in [0.15, 0.2) is 18.2 Å². The predicted octanol–water partition coefficient (Wildman–Crippen LogP) is 1.52. The molecule has 0 aliphatic heterocycles. The van der Waals surface area contributed by atoms with Crippen LogP contribution in [-0.4, -0.2) is 15.7 Å². The zero-order chi connectivity index (χ0) is 14.9. The Labute approximate surface area is 114 Å². The molecule has 1 amide bonds. The highest BCUT2D eigenvalue weighted by Crippen LogP contribution is 2.15. The van der Waals surface area contributed by atoms with Gasteiger partial charge in [0.25, 0.3) is 5.91 Å². The van der Waals surface area contributed by atoms with Gasteiger partial charge in [0.2, 0.25) is 0 Å². The first kappa shape index (κ1) is 14.0. The molecule has 5 nitrogen and oxygen atoms in total. The largest absolute Gasteiger partial charge is 0.395 e. The van der Waals surface area contributed by atoms with Crippen LogP contribution in [0.1, 0.15) is 21.7 Å². The molecule has 20 heavy (non-hydrogen) atoms. The number of nitrogens with zero attached hydrogens (tertiary/aromatic N) is 2. The highest BCUT2D eigenvalue weighted by molar-refractivity contribution is 5.97. The minimum absolute atomic E-state index is 0.0656. The first-order valence-corrected chi connectivity index (χ1v) is 5.91. The van der Waals surface area contributed by atoms with Crippen molar-refractivity contribution in [2.75, 3.05) is 5.73 Å². The standard InChI is InChI=1S/C13H14F2N4O/c1-7-11(16)12(19(2)18-7)13(20)17-6-8-5-9(14)3-4-10(8)15/h3-5H,6,16H2,1-2H3,(H,17,20). The Morgan fingerprint density at radius 2 is 2.15 bits per heavy atom. The van der Waals surface area contributed by atoms with E-state index < -0.39 is 17.5 Å². The van der Waals surface area contributed by atoms with Crippen LogP contribution in [0.25, 0.3) is 0 Å². The molecule has 0 aliphatic carbocycles. The molecule has 1 heterocycles. The number of nitrogen functional groups attached to an aromatic ring is 1. The van der Waals surface area contributed by atoms with Crippen LogP contribution in [-0.2, 0) is 13.6 Å². The van der Waals surface area contributed by atoms with Gasteiger partial charge in [0, 0.05) is 19.2 Å². The maximum Gasteiger partial charge on any atom is 0.271 e. The van der Waals surface area contributed by atoms with Gasteiger partial charge < -0.3 is 11.1 Å². The van der Waals surface area contributed by atoms with Gasteiger partial charge in [0.1, 0.15) is 17.3 Å². The fourth-order valence-corrected chi connectivity index (χ4v) is 1.88. The van der Waals surface area contributed by atoms with Crippen LogP contribution in [0.3, 0.4) is 0 Å². The summed E-state index contributed by atoms with van der Waals surface area (Å²) in [6.45, 7) is 1.55. The van der Waals surface area contributed by atoms with Crippen LogP contribution in [0.4, 0.5) is 14.5 Å². The number of halogens is 2. The second-order valence-electron chi connectivity index (χ2n) is 4.39. The van der Waals surface area contributed by atoms with E-state index in [4.69, 9.17) is 5.73 Å². The van der Waals surface area contributed by atoms with Gasteiger partial charge in [-0.1, -0.05) is 0 Å². The third-order valence-electron chi connectivity index (χ3n) is 2.93. The minimum atomic E-state index is -0.583. The summed E-state index contributed by atoms with van der Waals surface area (Å²) in [5.74, 6) is -1.64. The zero-order valence-corrected chi connectivity index (χ0v) is 11.1. The van der Waals surface area contributed by atoms with E-state index in [1.165, 1.54) is 4.68 Å². The molecule has 2 rings (SSSR count). The summed E-state index contributed by atoms with van der Waals surface area (Å²) in [7, 11) is 1.58. The van der Waals surface area contributed by atoms with Crippen molar-refractivity contribution in [3.63, 3.8) is 0 Å². The number of aromatic nitrogens is 2. The summed E-state index contributed by atoms with van der Waals surface area (Å²) in [5, 5.41) is 6.51. The molecular formula is C13H14F2N4O. The number of nitrogens with two attached hydrogens (primary N) is 1. The minimum Gasteiger partial charge on any atom is -0.395 e. The van der Waals surface area contributed by atoms with E-state index in [1.807, 2.05) is 0 Å². The molecule has 0 saturated heterocycles. The Bertz CT molecular complexity index is 667. The average Bonchev–Trinajstić information content (AvgIpc) is 2.64. The molecule has 0 atom stereocenters. The third kappa shape index (κ3) is 2.61. The van der Waals surface area contributed by atoms with E-state index in [0.717, 1.165) is 18.2 Å². The number of nitrogens with one attached hydrogen (secondary N) is 1. The Hall–Kier alpha value is -2.44. The SMILES string of the molecule is Cc1nn(C)c(C(=O)NCc2cc(F)ccc2F)c1N. The van der Waals surface area contributed by atoms with Crippen molar-refractivity contribution < 1.29 is 13.6 Å². The van der Waals surface area contributed by atoms with E-state index >= 15 is 0 Å². The third-order valence-corrected chi connectivity index (χ3v) is 2.93. The predicted molar refractivity (Wildman–Crippen MR) is 69.9 cm³/mol. The first-order chi connectivity index (χ1) is 9.40. The molecule has 1 aromatic heterocycles. The van der Waals surface area contributed by atoms with Crippen LogP contribution in [0.2, 0.25) is 0 Å². The Morgan fingerprint density at radius 3 is 2.75 bits per heavy atom. The van der Waals surface area contributed by atoms with Crippen molar-refractivity contribution in [1.29, 1.82) is 0 Å². The summed E-state index contributed by atoms with van der Waals surface area (Å²) in [5.41, 5.74) is 6.81. The summed E-state index contributed by atoms with van der Waals surface area (Å²) in [6.07, 6.45) is 0. The molecule has 0 saturated carbocycles. The van der Waals surface area contributed by atoms with Gasteiger partial charge in [0.15, 0.2) is 0 Å². The average molecular weight is 280 g/mol. The highest BCUT2D eigenvalue weighted by atomic mass is 19.1. The molecular weight excluding hydrogens is 266 g/mol. The smallest absolute Gasteiger partial charge is 0.271 e. The second-order valence-corrected chi connectivity index (χ2v) is 4.39. The number of hydrogen-bond donors (Lipinski definition) is 2. The molecule has 3 N–H and O–H groups in total. The summed E-state index contributed by atoms with van der Waals surface area (Å²) in [6, 6.07) is 3.07. The molecule has 106 valence electrons. The number of rotatable bonds is 3. The summed E-state index contributed by atoms with van der Waals surface area (Å²) >= 11 is 0. The quantitative estimate of drug-likeness (QED) is 0.895. The van der Waals surface area contributed by atoms with E-state index in [9.17, 15) is 13.6 Å². The van der Waals surface area contributed by atoms with Gasteiger partial charge in [-0.3, -0.25) is 9.48 Å². The molecule has 1 aromatic carbocycles. The lowest BCUT2D eigenvalue weighted by molar-refractivity contribution is 0.0942. The lowest BCUT2D eigenvalue weighted by atomic mass is 10.2. The van der Waals surface area contributed by atoms with Gasteiger partial charge in [-0.15, -0.1) is 0 Å². The summed E-state index contributed by atoms with van der Waals surface area (Å²) in [4.78, 5) is 12.0. The molecule has 2 aromatic rings. The number of carbonyl (C=O) groups excluding carboxylic acids is 1. The van der Waals surface area contributed by atoms with Crippen LogP contribution < -0.4 is 11.1 Å². The first-order valence-electron chi connectivity index (χ1n) is 5.91. The van der Waals surface area contributed by atoms with E-state index in [1.54, 1.807) is 14.0 Å². The molecule has 0 aliphatic rings. The number of aryl methyl sites for hydroxylation is 2. The van der Waals surface area contributed by atoms with E-state index in [-0.39, 0.29) is 23.5 Å². The van der Waals surface area contributed by atoms with Crippen molar-refractivity contribution in [2.24, 2.45) is 7.05 Å². The maximum atomic E-state index is 13.4. The number of anilines is 1. The fraction of sp³-hybridized carbons (Fsp3) is 0.231. The van der Waals surface area contributed by atoms with Crippen molar-refractivity contribution in [3.05, 3.63) is 46.8 Å². The molecule has 0 fully saturated rings. The van der Waals surface area contributed by atoms with Crippen LogP contribution >= 0.6 is 0 Å². The van der Waals surface area contributed by atoms with Crippen LogP contribution in [0.5, 0.6) is 0 Å². The number of hydrogen-bond acceptors (Lipinski definition) is 3. The van der Waals surface area contributed by atoms with Gasteiger partial charge >= 0.3 is 0 Å².